The van der Waals surface area contributed by atoms with Crippen LogP contribution in [0, 0.1) is 0 Å². The molecule has 0 spiro atoms. The Bertz CT molecular complexity index is 456. The predicted molar refractivity (Wildman–Crippen MR) is 76.8 cm³/mol. The monoisotopic (exact) mass is 263 g/mol. The first kappa shape index (κ1) is 14.1. The second kappa shape index (κ2) is 5.37. The van der Waals surface area contributed by atoms with Gasteiger partial charge in [-0.2, -0.15) is 0 Å². The molecule has 19 heavy (non-hydrogen) atoms. The van der Waals surface area contributed by atoms with E-state index in [1.54, 1.807) is 0 Å². The summed E-state index contributed by atoms with van der Waals surface area (Å²) in [5.41, 5.74) is 8.54. The number of hydrogen-bond donors (Lipinski definition) is 2. The van der Waals surface area contributed by atoms with E-state index in [0.717, 1.165) is 25.8 Å². The fraction of sp³-hybridized carbons (Fsp3) is 0.667. The lowest BCUT2D eigenvalue weighted by molar-refractivity contribution is -0.122. The van der Waals surface area contributed by atoms with Crippen molar-refractivity contribution >= 4 is 5.91 Å². The Morgan fingerprint density at radius 1 is 1.53 bits per heavy atom. The van der Waals surface area contributed by atoms with E-state index in [1.807, 2.05) is 20.8 Å². The van der Waals surface area contributed by atoms with Gasteiger partial charge in [0, 0.05) is 36.4 Å². The third-order valence-electron chi connectivity index (χ3n) is 3.54. The molecule has 1 heterocycles. The summed E-state index contributed by atoms with van der Waals surface area (Å²) >= 11 is 0. The minimum absolute atomic E-state index is 0.107. The highest BCUT2D eigenvalue weighted by atomic mass is 16.1. The molecule has 0 bridgehead atoms. The number of fused-ring (bicyclic) bond motifs is 1. The molecule has 4 heteroatoms. The molecule has 0 saturated heterocycles. The van der Waals surface area contributed by atoms with Crippen molar-refractivity contribution in [3.8, 4) is 0 Å². The van der Waals surface area contributed by atoms with Gasteiger partial charge in [0.2, 0.25) is 5.91 Å². The first-order chi connectivity index (χ1) is 8.87. The summed E-state index contributed by atoms with van der Waals surface area (Å²) in [6, 6.07) is 2.29. The van der Waals surface area contributed by atoms with Gasteiger partial charge in [-0.3, -0.25) is 4.79 Å². The molecule has 1 aromatic heterocycles. The summed E-state index contributed by atoms with van der Waals surface area (Å²) < 4.78 is 2.19. The van der Waals surface area contributed by atoms with Gasteiger partial charge in [-0.1, -0.05) is 0 Å². The third-order valence-corrected chi connectivity index (χ3v) is 3.54. The Hall–Kier alpha value is -1.29. The summed E-state index contributed by atoms with van der Waals surface area (Å²) in [5, 5.41) is 2.99. The molecule has 1 atom stereocenters. The molecule has 0 aliphatic heterocycles. The van der Waals surface area contributed by atoms with Crippen LogP contribution in [-0.4, -0.2) is 16.0 Å². The first-order valence-corrected chi connectivity index (χ1v) is 7.11. The van der Waals surface area contributed by atoms with Gasteiger partial charge in [0.05, 0.1) is 0 Å². The average molecular weight is 263 g/mol. The molecule has 0 fully saturated rings. The second-order valence-corrected chi connectivity index (χ2v) is 6.46. The second-order valence-electron chi connectivity index (χ2n) is 6.46. The number of hydrogen-bond acceptors (Lipinski definition) is 2. The van der Waals surface area contributed by atoms with Crippen LogP contribution in [0.3, 0.4) is 0 Å². The van der Waals surface area contributed by atoms with Crippen molar-refractivity contribution < 1.29 is 4.79 Å². The molecular formula is C15H25N3O. The topological polar surface area (TPSA) is 60.0 Å². The fourth-order valence-corrected chi connectivity index (χ4v) is 2.70. The van der Waals surface area contributed by atoms with Crippen LogP contribution in [0.2, 0.25) is 0 Å². The summed E-state index contributed by atoms with van der Waals surface area (Å²) in [4.78, 5) is 11.8. The Labute approximate surface area is 115 Å². The summed E-state index contributed by atoms with van der Waals surface area (Å²) in [7, 11) is 0. The standard InChI is InChI=1S/C15H25N3O/c1-15(2,3)17-14(19)8-10-18-9-7-11-12(16)5-4-6-13(11)18/h7,9,12H,4-6,8,10,16H2,1-3H3,(H,17,19). The zero-order valence-electron chi connectivity index (χ0n) is 12.2. The van der Waals surface area contributed by atoms with E-state index >= 15 is 0 Å². The number of aromatic nitrogens is 1. The zero-order chi connectivity index (χ0) is 14.0. The molecule has 4 nitrogen and oxygen atoms in total. The molecule has 3 N–H and O–H groups in total. The van der Waals surface area contributed by atoms with Crippen molar-refractivity contribution in [2.24, 2.45) is 5.73 Å². The van der Waals surface area contributed by atoms with Crippen molar-refractivity contribution in [3.63, 3.8) is 0 Å². The van der Waals surface area contributed by atoms with Crippen molar-refractivity contribution in [3.05, 3.63) is 23.5 Å². The molecular weight excluding hydrogens is 238 g/mol. The maximum absolute atomic E-state index is 11.8. The molecule has 106 valence electrons. The summed E-state index contributed by atoms with van der Waals surface area (Å²) in [5.74, 6) is 0.107. The van der Waals surface area contributed by atoms with Crippen molar-refractivity contribution in [2.75, 3.05) is 0 Å². The van der Waals surface area contributed by atoms with Crippen LogP contribution in [0.4, 0.5) is 0 Å². The van der Waals surface area contributed by atoms with Crippen LogP contribution >= 0.6 is 0 Å². The lowest BCUT2D eigenvalue weighted by Crippen LogP contribution is -2.40. The van der Waals surface area contributed by atoms with Crippen molar-refractivity contribution in [1.29, 1.82) is 0 Å². The molecule has 1 amide bonds. The van der Waals surface area contributed by atoms with Crippen LogP contribution in [0.1, 0.15) is 57.3 Å². The number of nitrogens with zero attached hydrogens (tertiary/aromatic N) is 1. The number of carbonyl (C=O) groups is 1. The van der Waals surface area contributed by atoms with Crippen LogP contribution in [0.15, 0.2) is 12.3 Å². The highest BCUT2D eigenvalue weighted by Gasteiger charge is 2.20. The van der Waals surface area contributed by atoms with Gasteiger partial charge < -0.3 is 15.6 Å². The number of amides is 1. The molecule has 0 radical (unpaired) electrons. The summed E-state index contributed by atoms with van der Waals surface area (Å²) in [6.45, 7) is 6.74. The van der Waals surface area contributed by atoms with Gasteiger partial charge in [-0.15, -0.1) is 0 Å². The SMILES string of the molecule is CC(C)(C)NC(=O)CCn1ccc2c1CCCC2N. The van der Waals surface area contributed by atoms with E-state index < -0.39 is 0 Å². The number of aryl methyl sites for hydroxylation is 1. The lowest BCUT2D eigenvalue weighted by atomic mass is 9.94. The predicted octanol–water partition coefficient (Wildman–Crippen LogP) is 2.13. The van der Waals surface area contributed by atoms with E-state index in [-0.39, 0.29) is 17.5 Å². The molecule has 1 aliphatic rings. The van der Waals surface area contributed by atoms with Crippen LogP contribution in [0.5, 0.6) is 0 Å². The van der Waals surface area contributed by atoms with Gasteiger partial charge >= 0.3 is 0 Å². The third kappa shape index (κ3) is 3.60. The molecule has 0 saturated carbocycles. The van der Waals surface area contributed by atoms with E-state index in [4.69, 9.17) is 5.73 Å². The average Bonchev–Trinajstić information content (AvgIpc) is 2.69. The largest absolute Gasteiger partial charge is 0.351 e. The van der Waals surface area contributed by atoms with Gasteiger partial charge in [0.25, 0.3) is 0 Å². The highest BCUT2D eigenvalue weighted by Crippen LogP contribution is 2.28. The highest BCUT2D eigenvalue weighted by molar-refractivity contribution is 5.76. The first-order valence-electron chi connectivity index (χ1n) is 7.11. The smallest absolute Gasteiger partial charge is 0.222 e. The minimum Gasteiger partial charge on any atom is -0.351 e. The molecule has 2 rings (SSSR count). The molecule has 1 aliphatic carbocycles. The van der Waals surface area contributed by atoms with E-state index in [0.29, 0.717) is 6.42 Å². The van der Waals surface area contributed by atoms with Crippen molar-refractivity contribution in [2.45, 2.75) is 64.6 Å². The van der Waals surface area contributed by atoms with E-state index in [1.165, 1.54) is 11.3 Å². The number of nitrogens with one attached hydrogen (secondary N) is 1. The Morgan fingerprint density at radius 2 is 2.26 bits per heavy atom. The quantitative estimate of drug-likeness (QED) is 0.877. The van der Waals surface area contributed by atoms with Gasteiger partial charge in [0.15, 0.2) is 0 Å². The molecule has 1 unspecified atom stereocenters. The zero-order valence-corrected chi connectivity index (χ0v) is 12.2. The molecule has 1 aromatic rings. The van der Waals surface area contributed by atoms with E-state index in [9.17, 15) is 4.79 Å². The lowest BCUT2D eigenvalue weighted by Gasteiger charge is -2.22. The van der Waals surface area contributed by atoms with Gasteiger partial charge in [-0.25, -0.2) is 0 Å². The maximum Gasteiger partial charge on any atom is 0.222 e. The van der Waals surface area contributed by atoms with Crippen molar-refractivity contribution in [1.82, 2.24) is 9.88 Å². The van der Waals surface area contributed by atoms with Crippen LogP contribution < -0.4 is 11.1 Å². The maximum atomic E-state index is 11.8. The Morgan fingerprint density at radius 3 is 2.95 bits per heavy atom. The number of rotatable bonds is 3. The Kier molecular flexibility index (Phi) is 3.99. The normalized spacial score (nSPS) is 19.1. The van der Waals surface area contributed by atoms with Gasteiger partial charge in [-0.05, 0) is 51.7 Å². The molecule has 0 aromatic carbocycles. The number of nitrogens with two attached hydrogens (primary N) is 1. The Balaban J connectivity index is 1.96. The minimum atomic E-state index is -0.157. The van der Waals surface area contributed by atoms with E-state index in [2.05, 4.69) is 22.1 Å². The van der Waals surface area contributed by atoms with Crippen LogP contribution in [0.25, 0.3) is 0 Å². The van der Waals surface area contributed by atoms with Crippen LogP contribution in [-0.2, 0) is 17.8 Å². The van der Waals surface area contributed by atoms with Gasteiger partial charge in [0.1, 0.15) is 0 Å². The fourth-order valence-electron chi connectivity index (χ4n) is 2.70. The summed E-state index contributed by atoms with van der Waals surface area (Å²) in [6.07, 6.45) is 5.89. The number of carbonyl (C=O) groups excluding carboxylic acids is 1.